The highest BCUT2D eigenvalue weighted by Crippen LogP contribution is 2.39. The number of morpholine rings is 1. The molecule has 0 aliphatic carbocycles. The van der Waals surface area contributed by atoms with Gasteiger partial charge in [0.2, 0.25) is 0 Å². The number of ether oxygens (including phenoxy) is 1. The molecule has 6 nitrogen and oxygen atoms in total. The standard InChI is InChI=1S/C15H23N3O3S/c16-22(19,20)18-8-6-15(7-9-18,14-4-2-1-3-5-14)17-10-12-21-13-11-17/h1-5H,6-13H2,(H2,16,19,20). The van der Waals surface area contributed by atoms with Crippen LogP contribution in [-0.2, 0) is 20.5 Å². The first kappa shape index (κ1) is 15.9. The predicted octanol–water partition coefficient (Wildman–Crippen LogP) is 0.513. The number of nitrogens with two attached hydrogens (primary N) is 1. The smallest absolute Gasteiger partial charge is 0.276 e. The van der Waals surface area contributed by atoms with Crippen LogP contribution in [0.4, 0.5) is 0 Å². The Morgan fingerprint density at radius 2 is 1.59 bits per heavy atom. The maximum absolute atomic E-state index is 11.6. The van der Waals surface area contributed by atoms with Crippen molar-refractivity contribution < 1.29 is 13.2 Å². The zero-order valence-corrected chi connectivity index (χ0v) is 13.5. The first-order valence-corrected chi connectivity index (χ1v) is 9.19. The molecule has 2 fully saturated rings. The predicted molar refractivity (Wildman–Crippen MR) is 84.4 cm³/mol. The molecule has 122 valence electrons. The molecule has 1 aromatic rings. The summed E-state index contributed by atoms with van der Waals surface area (Å²) in [6.45, 7) is 4.14. The number of benzene rings is 1. The van der Waals surface area contributed by atoms with Crippen molar-refractivity contribution in [3.63, 3.8) is 0 Å². The highest BCUT2D eigenvalue weighted by molar-refractivity contribution is 7.86. The Bertz CT molecular complexity index is 592. The highest BCUT2D eigenvalue weighted by atomic mass is 32.2. The van der Waals surface area contributed by atoms with Crippen molar-refractivity contribution in [2.45, 2.75) is 18.4 Å². The first-order chi connectivity index (χ1) is 10.5. The van der Waals surface area contributed by atoms with Crippen LogP contribution in [0.1, 0.15) is 18.4 Å². The van der Waals surface area contributed by atoms with Crippen LogP contribution in [0.25, 0.3) is 0 Å². The van der Waals surface area contributed by atoms with Crippen LogP contribution in [0.3, 0.4) is 0 Å². The molecule has 2 aliphatic rings. The van der Waals surface area contributed by atoms with Gasteiger partial charge in [0, 0.05) is 31.7 Å². The SMILES string of the molecule is NS(=O)(=O)N1CCC(c2ccccc2)(N2CCOCC2)CC1. The molecule has 0 aromatic heterocycles. The fourth-order valence-electron chi connectivity index (χ4n) is 3.64. The number of hydrogen-bond acceptors (Lipinski definition) is 4. The van der Waals surface area contributed by atoms with Gasteiger partial charge in [0.05, 0.1) is 13.2 Å². The second kappa shape index (κ2) is 6.25. The first-order valence-electron chi connectivity index (χ1n) is 7.69. The molecule has 3 rings (SSSR count). The number of piperidine rings is 1. The number of nitrogens with zero attached hydrogens (tertiary/aromatic N) is 2. The van der Waals surface area contributed by atoms with E-state index in [0.29, 0.717) is 13.1 Å². The van der Waals surface area contributed by atoms with E-state index in [2.05, 4.69) is 17.0 Å². The average molecular weight is 325 g/mol. The summed E-state index contributed by atoms with van der Waals surface area (Å²) in [5.41, 5.74) is 1.14. The van der Waals surface area contributed by atoms with Gasteiger partial charge >= 0.3 is 0 Å². The zero-order chi connectivity index (χ0) is 15.6. The fourth-order valence-corrected chi connectivity index (χ4v) is 4.33. The highest BCUT2D eigenvalue weighted by Gasteiger charge is 2.43. The molecule has 0 spiro atoms. The van der Waals surface area contributed by atoms with Gasteiger partial charge in [-0.3, -0.25) is 4.90 Å². The normalized spacial score (nSPS) is 24.2. The molecule has 0 bridgehead atoms. The van der Waals surface area contributed by atoms with Gasteiger partial charge in [-0.05, 0) is 18.4 Å². The van der Waals surface area contributed by atoms with E-state index >= 15 is 0 Å². The molecule has 0 amide bonds. The van der Waals surface area contributed by atoms with Gasteiger partial charge in [-0.25, -0.2) is 5.14 Å². The van der Waals surface area contributed by atoms with Crippen LogP contribution in [-0.4, -0.2) is 57.0 Å². The Labute approximate surface area is 132 Å². The van der Waals surface area contributed by atoms with E-state index in [1.54, 1.807) is 0 Å². The molecule has 22 heavy (non-hydrogen) atoms. The molecule has 0 saturated carbocycles. The van der Waals surface area contributed by atoms with Gasteiger partial charge in [-0.15, -0.1) is 0 Å². The summed E-state index contributed by atoms with van der Waals surface area (Å²) < 4.78 is 30.0. The van der Waals surface area contributed by atoms with Gasteiger partial charge in [-0.1, -0.05) is 30.3 Å². The van der Waals surface area contributed by atoms with E-state index in [1.165, 1.54) is 9.87 Å². The summed E-state index contributed by atoms with van der Waals surface area (Å²) in [5.74, 6) is 0. The Balaban J connectivity index is 1.89. The molecule has 2 aliphatic heterocycles. The van der Waals surface area contributed by atoms with Crippen molar-refractivity contribution in [1.29, 1.82) is 0 Å². The topological polar surface area (TPSA) is 75.9 Å². The molecule has 1 aromatic carbocycles. The fraction of sp³-hybridized carbons (Fsp3) is 0.600. The van der Waals surface area contributed by atoms with E-state index in [4.69, 9.17) is 9.88 Å². The summed E-state index contributed by atoms with van der Waals surface area (Å²) in [6, 6.07) is 10.4. The van der Waals surface area contributed by atoms with E-state index in [9.17, 15) is 8.42 Å². The van der Waals surface area contributed by atoms with Crippen LogP contribution in [0.5, 0.6) is 0 Å². The quantitative estimate of drug-likeness (QED) is 0.879. The van der Waals surface area contributed by atoms with Gasteiger partial charge in [0.1, 0.15) is 0 Å². The summed E-state index contributed by atoms with van der Waals surface area (Å²) in [4.78, 5) is 2.45. The van der Waals surface area contributed by atoms with Crippen molar-refractivity contribution in [1.82, 2.24) is 9.21 Å². The van der Waals surface area contributed by atoms with E-state index < -0.39 is 10.2 Å². The van der Waals surface area contributed by atoms with E-state index in [-0.39, 0.29) is 5.54 Å². The largest absolute Gasteiger partial charge is 0.379 e. The lowest BCUT2D eigenvalue weighted by atomic mass is 9.79. The van der Waals surface area contributed by atoms with Gasteiger partial charge in [-0.2, -0.15) is 12.7 Å². The third-order valence-corrected chi connectivity index (χ3v) is 5.92. The molecule has 2 saturated heterocycles. The van der Waals surface area contributed by atoms with Crippen molar-refractivity contribution in [2.24, 2.45) is 5.14 Å². The molecule has 2 heterocycles. The van der Waals surface area contributed by atoms with E-state index in [1.807, 2.05) is 18.2 Å². The lowest BCUT2D eigenvalue weighted by Crippen LogP contribution is -2.57. The minimum absolute atomic E-state index is 0.119. The third-order valence-electron chi connectivity index (χ3n) is 4.84. The summed E-state index contributed by atoms with van der Waals surface area (Å²) >= 11 is 0. The Kier molecular flexibility index (Phi) is 4.52. The van der Waals surface area contributed by atoms with Gasteiger partial charge in [0.25, 0.3) is 10.2 Å². The summed E-state index contributed by atoms with van der Waals surface area (Å²) in [7, 11) is -3.60. The molecule has 0 unspecified atom stereocenters. The molecule has 2 N–H and O–H groups in total. The van der Waals surface area contributed by atoms with Crippen LogP contribution >= 0.6 is 0 Å². The second-order valence-electron chi connectivity index (χ2n) is 5.94. The Hall–Kier alpha value is -0.990. The zero-order valence-electron chi connectivity index (χ0n) is 12.6. The second-order valence-corrected chi connectivity index (χ2v) is 7.49. The minimum Gasteiger partial charge on any atom is -0.379 e. The Morgan fingerprint density at radius 3 is 2.14 bits per heavy atom. The average Bonchev–Trinajstić information content (AvgIpc) is 2.56. The van der Waals surface area contributed by atoms with Crippen LogP contribution in [0, 0.1) is 0 Å². The molecule has 0 atom stereocenters. The maximum atomic E-state index is 11.6. The minimum atomic E-state index is -3.60. The Morgan fingerprint density at radius 1 is 1.00 bits per heavy atom. The molecular formula is C15H23N3O3S. The number of hydrogen-bond donors (Lipinski definition) is 1. The van der Waals surface area contributed by atoms with Crippen LogP contribution in [0.2, 0.25) is 0 Å². The maximum Gasteiger partial charge on any atom is 0.276 e. The van der Waals surface area contributed by atoms with E-state index in [0.717, 1.165) is 39.1 Å². The van der Waals surface area contributed by atoms with Crippen molar-refractivity contribution >= 4 is 10.2 Å². The van der Waals surface area contributed by atoms with Crippen molar-refractivity contribution in [2.75, 3.05) is 39.4 Å². The lowest BCUT2D eigenvalue weighted by Gasteiger charge is -2.50. The summed E-state index contributed by atoms with van der Waals surface area (Å²) in [5, 5.41) is 5.28. The van der Waals surface area contributed by atoms with Crippen LogP contribution in [0.15, 0.2) is 30.3 Å². The summed E-state index contributed by atoms with van der Waals surface area (Å²) in [6.07, 6.45) is 1.51. The molecule has 7 heteroatoms. The molecular weight excluding hydrogens is 302 g/mol. The number of rotatable bonds is 3. The molecule has 0 radical (unpaired) electrons. The van der Waals surface area contributed by atoms with Crippen LogP contribution < -0.4 is 5.14 Å². The monoisotopic (exact) mass is 325 g/mol. The lowest BCUT2D eigenvalue weighted by molar-refractivity contribution is -0.0439. The van der Waals surface area contributed by atoms with Gasteiger partial charge < -0.3 is 4.74 Å². The van der Waals surface area contributed by atoms with Gasteiger partial charge in [0.15, 0.2) is 0 Å². The third kappa shape index (κ3) is 3.04. The van der Waals surface area contributed by atoms with Crippen molar-refractivity contribution in [3.05, 3.63) is 35.9 Å². The van der Waals surface area contributed by atoms with Crippen molar-refractivity contribution in [3.8, 4) is 0 Å².